The number of hydrogen-bond acceptors (Lipinski definition) is 3. The predicted molar refractivity (Wildman–Crippen MR) is 50.9 cm³/mol. The van der Waals surface area contributed by atoms with Gasteiger partial charge in [0.05, 0.1) is 12.0 Å². The lowest BCUT2D eigenvalue weighted by molar-refractivity contribution is 0.530. The van der Waals surface area contributed by atoms with Crippen LogP contribution >= 0.6 is 24.4 Å². The van der Waals surface area contributed by atoms with E-state index in [1.807, 2.05) is 12.1 Å². The molecule has 1 aromatic rings. The number of rotatable bonds is 4. The molecule has 64 valence electrons. The summed E-state index contributed by atoms with van der Waals surface area (Å²) < 4.78 is 8.26. The zero-order chi connectivity index (χ0) is 7.23. The highest BCUT2D eigenvalue weighted by molar-refractivity contribution is 7.96. The van der Waals surface area contributed by atoms with Crippen LogP contribution in [0, 0.1) is 0 Å². The van der Waals surface area contributed by atoms with Crippen molar-refractivity contribution in [2.45, 2.75) is 12.7 Å². The summed E-state index contributed by atoms with van der Waals surface area (Å²) in [5.74, 6) is 1.92. The van der Waals surface area contributed by atoms with Gasteiger partial charge >= 0.3 is 0 Å². The Bertz CT molecular complexity index is 167. The zero-order valence-corrected chi connectivity index (χ0v) is 8.00. The summed E-state index contributed by atoms with van der Waals surface area (Å²) in [6, 6.07) is 3.88. The summed E-state index contributed by atoms with van der Waals surface area (Å²) in [6.07, 6.45) is 1.70. The Balaban J connectivity index is 0.000001000. The first-order chi connectivity index (χ1) is 4.93. The molecule has 11 heavy (non-hydrogen) atoms. The van der Waals surface area contributed by atoms with Gasteiger partial charge in [-0.1, -0.05) is 18.9 Å². The van der Waals surface area contributed by atoms with E-state index in [0.717, 1.165) is 18.1 Å². The second kappa shape index (κ2) is 6.58. The van der Waals surface area contributed by atoms with Crippen LogP contribution in [0.2, 0.25) is 0 Å². The quantitative estimate of drug-likeness (QED) is 0.588. The van der Waals surface area contributed by atoms with E-state index >= 15 is 0 Å². The maximum Gasteiger partial charge on any atom is 0.114 e. The van der Waals surface area contributed by atoms with Crippen molar-refractivity contribution >= 4 is 24.4 Å². The molecule has 2 nitrogen and oxygen atoms in total. The molecule has 0 aromatic carbocycles. The molecule has 1 heterocycles. The average Bonchev–Trinajstić information content (AvgIpc) is 2.41. The molecule has 4 heteroatoms. The summed E-state index contributed by atoms with van der Waals surface area (Å²) >= 11 is 1.67. The molecular formula is C7H12ClNOS. The van der Waals surface area contributed by atoms with Crippen LogP contribution in [0.1, 0.15) is 12.7 Å². The second-order valence-electron chi connectivity index (χ2n) is 1.87. The number of halogens is 1. The van der Waals surface area contributed by atoms with Crippen molar-refractivity contribution in [3.63, 3.8) is 0 Å². The maximum absolute atomic E-state index is 5.12. The highest BCUT2D eigenvalue weighted by atomic mass is 35.5. The van der Waals surface area contributed by atoms with E-state index < -0.39 is 0 Å². The van der Waals surface area contributed by atoms with E-state index in [1.165, 1.54) is 0 Å². The van der Waals surface area contributed by atoms with Crippen LogP contribution in [0.5, 0.6) is 0 Å². The third-order valence-electron chi connectivity index (χ3n) is 1.04. The fourth-order valence-corrected chi connectivity index (χ4v) is 1.23. The maximum atomic E-state index is 5.12. The molecule has 1 rings (SSSR count). The summed E-state index contributed by atoms with van der Waals surface area (Å²) in [6.45, 7) is 3.07. The van der Waals surface area contributed by atoms with Gasteiger partial charge in [-0.3, -0.25) is 4.72 Å². The minimum atomic E-state index is 0. The summed E-state index contributed by atoms with van der Waals surface area (Å²) in [4.78, 5) is 0. The van der Waals surface area contributed by atoms with Crippen molar-refractivity contribution in [2.75, 3.05) is 6.54 Å². The first-order valence-electron chi connectivity index (χ1n) is 3.30. The van der Waals surface area contributed by atoms with Crippen LogP contribution in [0.3, 0.4) is 0 Å². The molecule has 0 aliphatic heterocycles. The molecule has 0 unspecified atom stereocenters. The Morgan fingerprint density at radius 1 is 1.64 bits per heavy atom. The van der Waals surface area contributed by atoms with Crippen molar-refractivity contribution < 1.29 is 4.42 Å². The second-order valence-corrected chi connectivity index (χ2v) is 2.73. The van der Waals surface area contributed by atoms with E-state index in [9.17, 15) is 0 Å². The van der Waals surface area contributed by atoms with E-state index in [-0.39, 0.29) is 12.4 Å². The van der Waals surface area contributed by atoms with Crippen molar-refractivity contribution in [1.82, 2.24) is 4.72 Å². The van der Waals surface area contributed by atoms with Gasteiger partial charge in [-0.05, 0) is 12.1 Å². The molecule has 0 saturated heterocycles. The highest BCUT2D eigenvalue weighted by Crippen LogP contribution is 2.08. The van der Waals surface area contributed by atoms with Gasteiger partial charge < -0.3 is 4.42 Å². The van der Waals surface area contributed by atoms with Gasteiger partial charge in [0, 0.05) is 6.54 Å². The Morgan fingerprint density at radius 2 is 2.45 bits per heavy atom. The topological polar surface area (TPSA) is 25.2 Å². The largest absolute Gasteiger partial charge is 0.468 e. The van der Waals surface area contributed by atoms with Crippen LogP contribution < -0.4 is 4.72 Å². The lowest BCUT2D eigenvalue weighted by Gasteiger charge is -1.95. The number of nitrogens with one attached hydrogen (secondary N) is 1. The fraction of sp³-hybridized carbons (Fsp3) is 0.429. The van der Waals surface area contributed by atoms with E-state index in [0.29, 0.717) is 0 Å². The molecule has 0 radical (unpaired) electrons. The molecule has 0 aliphatic carbocycles. The highest BCUT2D eigenvalue weighted by Gasteiger charge is 1.92. The standard InChI is InChI=1S/C7H11NOS.ClH/c1-2-8-10-6-7-4-3-5-9-7;/h3-5,8H,2,6H2,1H3;1H. The van der Waals surface area contributed by atoms with Crippen LogP contribution in [0.25, 0.3) is 0 Å². The van der Waals surface area contributed by atoms with Crippen LogP contribution in [0.15, 0.2) is 22.8 Å². The van der Waals surface area contributed by atoms with Gasteiger partial charge in [0.25, 0.3) is 0 Å². The van der Waals surface area contributed by atoms with Gasteiger partial charge in [0.15, 0.2) is 0 Å². The molecule has 0 fully saturated rings. The van der Waals surface area contributed by atoms with Crippen molar-refractivity contribution in [3.05, 3.63) is 24.2 Å². The van der Waals surface area contributed by atoms with Gasteiger partial charge in [0.2, 0.25) is 0 Å². The molecule has 0 amide bonds. The molecule has 1 aromatic heterocycles. The average molecular weight is 194 g/mol. The van der Waals surface area contributed by atoms with Gasteiger partial charge in [-0.25, -0.2) is 0 Å². The van der Waals surface area contributed by atoms with Crippen molar-refractivity contribution in [2.24, 2.45) is 0 Å². The normalized spacial score (nSPS) is 9.18. The minimum absolute atomic E-state index is 0. The van der Waals surface area contributed by atoms with Crippen molar-refractivity contribution in [1.29, 1.82) is 0 Å². The smallest absolute Gasteiger partial charge is 0.114 e. The summed E-state index contributed by atoms with van der Waals surface area (Å²) in [5, 5.41) is 0. The molecule has 0 atom stereocenters. The van der Waals surface area contributed by atoms with E-state index in [1.54, 1.807) is 18.2 Å². The fourth-order valence-electron chi connectivity index (χ4n) is 0.619. The number of hydrogen-bond donors (Lipinski definition) is 1. The van der Waals surface area contributed by atoms with Crippen LogP contribution in [-0.4, -0.2) is 6.54 Å². The Morgan fingerprint density at radius 3 is 3.00 bits per heavy atom. The first-order valence-corrected chi connectivity index (χ1v) is 4.29. The summed E-state index contributed by atoms with van der Waals surface area (Å²) in [5.41, 5.74) is 0. The first kappa shape index (κ1) is 10.9. The molecule has 0 bridgehead atoms. The van der Waals surface area contributed by atoms with E-state index in [2.05, 4.69) is 11.6 Å². The lowest BCUT2D eigenvalue weighted by Crippen LogP contribution is -2.00. The zero-order valence-electron chi connectivity index (χ0n) is 6.37. The van der Waals surface area contributed by atoms with E-state index in [4.69, 9.17) is 4.42 Å². The lowest BCUT2D eigenvalue weighted by atomic mass is 10.5. The third-order valence-corrected chi connectivity index (χ3v) is 1.96. The molecule has 0 spiro atoms. The van der Waals surface area contributed by atoms with Crippen molar-refractivity contribution in [3.8, 4) is 0 Å². The Labute approximate surface area is 77.3 Å². The van der Waals surface area contributed by atoms with Gasteiger partial charge in [-0.2, -0.15) is 0 Å². The third kappa shape index (κ3) is 4.35. The van der Waals surface area contributed by atoms with Gasteiger partial charge in [-0.15, -0.1) is 12.4 Å². The predicted octanol–water partition coefficient (Wildman–Crippen LogP) is 2.46. The van der Waals surface area contributed by atoms with Crippen LogP contribution in [0.4, 0.5) is 0 Å². The summed E-state index contributed by atoms with van der Waals surface area (Å²) in [7, 11) is 0. The Hall–Kier alpha value is -0.120. The SMILES string of the molecule is CCNSCc1ccco1.Cl. The molecule has 0 saturated carbocycles. The molecule has 0 aliphatic rings. The molecule has 1 N–H and O–H groups in total. The Kier molecular flexibility index (Phi) is 6.51. The monoisotopic (exact) mass is 193 g/mol. The van der Waals surface area contributed by atoms with Crippen LogP contribution in [-0.2, 0) is 5.75 Å². The minimum Gasteiger partial charge on any atom is -0.468 e. The molecular weight excluding hydrogens is 182 g/mol. The number of furan rings is 1. The van der Waals surface area contributed by atoms with Gasteiger partial charge in [0.1, 0.15) is 5.76 Å².